The molecule has 0 radical (unpaired) electrons. The molecule has 106 valence electrons. The summed E-state index contributed by atoms with van der Waals surface area (Å²) in [4.78, 5) is 0. The molecule has 1 nitrogen and oxygen atoms in total. The van der Waals surface area contributed by atoms with E-state index in [2.05, 4.69) is 5.32 Å². The van der Waals surface area contributed by atoms with Crippen LogP contribution in [-0.4, -0.2) is 0 Å². The van der Waals surface area contributed by atoms with Crippen molar-refractivity contribution in [1.82, 2.24) is 0 Å². The number of hydrogen-bond acceptors (Lipinski definition) is 1. The topological polar surface area (TPSA) is 12.0 Å². The highest BCUT2D eigenvalue weighted by Crippen LogP contribution is 2.32. The Morgan fingerprint density at radius 3 is 2.30 bits per heavy atom. The lowest BCUT2D eigenvalue weighted by molar-refractivity contribution is -0.138. The third kappa shape index (κ3) is 3.07. The van der Waals surface area contributed by atoms with Crippen molar-refractivity contribution in [3.63, 3.8) is 0 Å². The molecule has 0 aliphatic heterocycles. The normalized spacial score (nSPS) is 11.4. The maximum absolute atomic E-state index is 13.4. The summed E-state index contributed by atoms with van der Waals surface area (Å²) >= 11 is 0. The summed E-state index contributed by atoms with van der Waals surface area (Å²) in [7, 11) is 0. The molecule has 0 aliphatic rings. The second-order valence-corrected chi connectivity index (χ2v) is 4.11. The fourth-order valence-corrected chi connectivity index (χ4v) is 1.78. The fraction of sp³-hybridized carbons (Fsp3) is 0.143. The van der Waals surface area contributed by atoms with Gasteiger partial charge >= 0.3 is 6.18 Å². The maximum atomic E-state index is 13.4. The summed E-state index contributed by atoms with van der Waals surface area (Å²) in [5.74, 6) is -2.17. The molecule has 0 spiro atoms. The van der Waals surface area contributed by atoms with Crippen LogP contribution in [0, 0.1) is 11.6 Å². The molecule has 2 aromatic rings. The highest BCUT2D eigenvalue weighted by Gasteiger charge is 2.32. The van der Waals surface area contributed by atoms with Crippen LogP contribution >= 0.6 is 0 Å². The smallest absolute Gasteiger partial charge is 0.378 e. The van der Waals surface area contributed by atoms with Crippen LogP contribution in [0.3, 0.4) is 0 Å². The predicted octanol–water partition coefficient (Wildman–Crippen LogP) is 4.60. The highest BCUT2D eigenvalue weighted by molar-refractivity contribution is 5.46. The molecule has 2 aromatic carbocycles. The van der Waals surface area contributed by atoms with Gasteiger partial charge in [0.1, 0.15) is 0 Å². The molecule has 0 aromatic heterocycles. The Balaban J connectivity index is 2.22. The molecule has 0 heterocycles. The van der Waals surface area contributed by atoms with Gasteiger partial charge in [0.2, 0.25) is 0 Å². The standard InChI is InChI=1S/C14H10F5N/c15-11-6-3-7-12(13(11)16)20-8-9-4-1-2-5-10(9)14(17,18)19/h1-7,20H,8H2. The predicted molar refractivity (Wildman–Crippen MR) is 65.1 cm³/mol. The molecule has 0 aliphatic carbocycles. The lowest BCUT2D eigenvalue weighted by Gasteiger charge is -2.14. The van der Waals surface area contributed by atoms with Crippen LogP contribution in [0.15, 0.2) is 42.5 Å². The van der Waals surface area contributed by atoms with Crippen LogP contribution in [-0.2, 0) is 12.7 Å². The molecule has 0 fully saturated rings. The minimum Gasteiger partial charge on any atom is -0.378 e. The summed E-state index contributed by atoms with van der Waals surface area (Å²) in [6.45, 7) is -0.254. The quantitative estimate of drug-likeness (QED) is 0.814. The first-order chi connectivity index (χ1) is 9.39. The summed E-state index contributed by atoms with van der Waals surface area (Å²) in [5, 5.41) is 2.47. The van der Waals surface area contributed by atoms with E-state index in [0.717, 1.165) is 12.1 Å². The number of halogens is 5. The van der Waals surface area contributed by atoms with Crippen LogP contribution in [0.4, 0.5) is 27.6 Å². The van der Waals surface area contributed by atoms with Crippen molar-refractivity contribution in [3.8, 4) is 0 Å². The number of hydrogen-bond donors (Lipinski definition) is 1. The maximum Gasteiger partial charge on any atom is 0.416 e. The number of nitrogens with one attached hydrogen (secondary N) is 1. The van der Waals surface area contributed by atoms with Gasteiger partial charge in [-0.2, -0.15) is 13.2 Å². The number of anilines is 1. The number of alkyl halides is 3. The van der Waals surface area contributed by atoms with E-state index in [1.165, 1.54) is 30.3 Å². The Morgan fingerprint density at radius 2 is 1.60 bits per heavy atom. The largest absolute Gasteiger partial charge is 0.416 e. The number of rotatable bonds is 3. The number of benzene rings is 2. The molecule has 0 unspecified atom stereocenters. The molecule has 0 amide bonds. The van der Waals surface area contributed by atoms with Crippen molar-refractivity contribution in [3.05, 3.63) is 65.2 Å². The second-order valence-electron chi connectivity index (χ2n) is 4.11. The molecule has 1 N–H and O–H groups in total. The first kappa shape index (κ1) is 14.3. The van der Waals surface area contributed by atoms with Crippen molar-refractivity contribution in [2.45, 2.75) is 12.7 Å². The minimum atomic E-state index is -4.49. The molecule has 20 heavy (non-hydrogen) atoms. The fourth-order valence-electron chi connectivity index (χ4n) is 1.78. The van der Waals surface area contributed by atoms with Gasteiger partial charge in [0, 0.05) is 6.54 Å². The summed E-state index contributed by atoms with van der Waals surface area (Å²) in [5.41, 5.74) is -1.02. The van der Waals surface area contributed by atoms with E-state index in [-0.39, 0.29) is 17.8 Å². The summed E-state index contributed by atoms with van der Waals surface area (Å²) < 4.78 is 64.6. The van der Waals surface area contributed by atoms with Crippen LogP contribution in [0.25, 0.3) is 0 Å². The van der Waals surface area contributed by atoms with Gasteiger partial charge in [-0.1, -0.05) is 24.3 Å². The third-order valence-electron chi connectivity index (χ3n) is 2.74. The molecule has 2 rings (SSSR count). The van der Waals surface area contributed by atoms with Crippen LogP contribution in [0.1, 0.15) is 11.1 Å². The van der Waals surface area contributed by atoms with Crippen LogP contribution < -0.4 is 5.32 Å². The van der Waals surface area contributed by atoms with Gasteiger partial charge in [0.15, 0.2) is 11.6 Å². The SMILES string of the molecule is Fc1cccc(NCc2ccccc2C(F)(F)F)c1F. The molecule has 0 bridgehead atoms. The van der Waals surface area contributed by atoms with Gasteiger partial charge in [-0.25, -0.2) is 8.78 Å². The zero-order valence-electron chi connectivity index (χ0n) is 10.1. The Kier molecular flexibility index (Phi) is 3.92. The van der Waals surface area contributed by atoms with Gasteiger partial charge in [0.05, 0.1) is 11.3 Å². The Hall–Kier alpha value is -2.11. The van der Waals surface area contributed by atoms with Gasteiger partial charge in [-0.05, 0) is 23.8 Å². The van der Waals surface area contributed by atoms with E-state index in [9.17, 15) is 22.0 Å². The van der Waals surface area contributed by atoms with E-state index in [1.807, 2.05) is 0 Å². The van der Waals surface area contributed by atoms with Crippen molar-refractivity contribution >= 4 is 5.69 Å². The van der Waals surface area contributed by atoms with Gasteiger partial charge in [0.25, 0.3) is 0 Å². The Morgan fingerprint density at radius 1 is 0.900 bits per heavy atom. The zero-order chi connectivity index (χ0) is 14.8. The average Bonchev–Trinajstić information content (AvgIpc) is 2.40. The Labute approximate surface area is 112 Å². The van der Waals surface area contributed by atoms with E-state index in [4.69, 9.17) is 0 Å². The molecular weight excluding hydrogens is 277 g/mol. The van der Waals surface area contributed by atoms with Gasteiger partial charge in [-0.15, -0.1) is 0 Å². The van der Waals surface area contributed by atoms with Crippen molar-refractivity contribution in [2.24, 2.45) is 0 Å². The average molecular weight is 287 g/mol. The third-order valence-corrected chi connectivity index (χ3v) is 2.74. The highest BCUT2D eigenvalue weighted by atomic mass is 19.4. The minimum absolute atomic E-state index is 0.0383. The molecule has 6 heteroatoms. The molecular formula is C14H10F5N. The van der Waals surface area contributed by atoms with Crippen LogP contribution in [0.2, 0.25) is 0 Å². The van der Waals surface area contributed by atoms with E-state index in [1.54, 1.807) is 0 Å². The summed E-state index contributed by atoms with van der Waals surface area (Å²) in [6.07, 6.45) is -4.49. The molecule has 0 atom stereocenters. The first-order valence-electron chi connectivity index (χ1n) is 5.72. The van der Waals surface area contributed by atoms with E-state index >= 15 is 0 Å². The molecule has 0 saturated carbocycles. The monoisotopic (exact) mass is 287 g/mol. The lowest BCUT2D eigenvalue weighted by Crippen LogP contribution is -2.12. The van der Waals surface area contributed by atoms with Gasteiger partial charge < -0.3 is 5.32 Å². The van der Waals surface area contributed by atoms with Gasteiger partial charge in [-0.3, -0.25) is 0 Å². The second kappa shape index (κ2) is 5.48. The lowest BCUT2D eigenvalue weighted by atomic mass is 10.1. The van der Waals surface area contributed by atoms with Crippen LogP contribution in [0.5, 0.6) is 0 Å². The first-order valence-corrected chi connectivity index (χ1v) is 5.72. The van der Waals surface area contributed by atoms with Crippen molar-refractivity contribution in [1.29, 1.82) is 0 Å². The summed E-state index contributed by atoms with van der Waals surface area (Å²) in [6, 6.07) is 8.42. The zero-order valence-corrected chi connectivity index (χ0v) is 10.1. The van der Waals surface area contributed by atoms with Crippen molar-refractivity contribution in [2.75, 3.05) is 5.32 Å². The van der Waals surface area contributed by atoms with Crippen molar-refractivity contribution < 1.29 is 22.0 Å². The van der Waals surface area contributed by atoms with E-state index < -0.39 is 23.4 Å². The Bertz CT molecular complexity index is 607. The molecule has 0 saturated heterocycles. The van der Waals surface area contributed by atoms with E-state index in [0.29, 0.717) is 0 Å².